The topological polar surface area (TPSA) is 69.6 Å². The van der Waals surface area contributed by atoms with Crippen LogP contribution < -0.4 is 10.2 Å². The normalized spacial score (nSPS) is 10.0. The Bertz CT molecular complexity index is 665. The summed E-state index contributed by atoms with van der Waals surface area (Å²) in [5.41, 5.74) is 2.18. The van der Waals surface area contributed by atoms with Gasteiger partial charge in [-0.2, -0.15) is 0 Å². The molecule has 0 saturated carbocycles. The number of hydrogen-bond acceptors (Lipinski definition) is 2. The van der Waals surface area contributed by atoms with Crippen LogP contribution in [0.15, 0.2) is 48.5 Å². The van der Waals surface area contributed by atoms with Crippen molar-refractivity contribution in [1.29, 1.82) is 0 Å². The molecular formula is C16H16N2O3. The third-order valence-corrected chi connectivity index (χ3v) is 3.10. The highest BCUT2D eigenvalue weighted by Gasteiger charge is 2.17. The average molecular weight is 284 g/mol. The minimum Gasteiger partial charge on any atom is -0.478 e. The fourth-order valence-electron chi connectivity index (χ4n) is 1.90. The van der Waals surface area contributed by atoms with Gasteiger partial charge in [0, 0.05) is 12.7 Å². The minimum atomic E-state index is -1.07. The van der Waals surface area contributed by atoms with Crippen molar-refractivity contribution in [1.82, 2.24) is 0 Å². The van der Waals surface area contributed by atoms with Gasteiger partial charge in [-0.25, -0.2) is 9.59 Å². The first kappa shape index (κ1) is 14.6. The van der Waals surface area contributed by atoms with E-state index in [1.165, 1.54) is 18.0 Å². The Balaban J connectivity index is 2.20. The standard InChI is InChI=1S/C16H16N2O3/c1-11-7-9-12(10-8-11)17-16(21)18(2)14-6-4-3-5-13(14)15(19)20/h3-10H,1-2H3,(H,17,21)(H,19,20). The molecule has 0 bridgehead atoms. The van der Waals surface area contributed by atoms with Crippen LogP contribution in [0.4, 0.5) is 16.2 Å². The maximum absolute atomic E-state index is 12.2. The highest BCUT2D eigenvalue weighted by Crippen LogP contribution is 2.20. The van der Waals surface area contributed by atoms with Gasteiger partial charge in [-0.3, -0.25) is 4.90 Å². The van der Waals surface area contributed by atoms with Crippen molar-refractivity contribution in [3.05, 3.63) is 59.7 Å². The Hall–Kier alpha value is -2.82. The maximum Gasteiger partial charge on any atom is 0.337 e. The van der Waals surface area contributed by atoms with Crippen LogP contribution in [-0.4, -0.2) is 24.2 Å². The molecule has 2 aromatic rings. The molecule has 0 aliphatic carbocycles. The molecule has 2 amide bonds. The number of carbonyl (C=O) groups is 2. The second-order valence-corrected chi connectivity index (χ2v) is 4.68. The van der Waals surface area contributed by atoms with E-state index in [1.54, 1.807) is 30.3 Å². The summed E-state index contributed by atoms with van der Waals surface area (Å²) in [6.07, 6.45) is 0. The average Bonchev–Trinajstić information content (AvgIpc) is 2.48. The molecule has 5 heteroatoms. The lowest BCUT2D eigenvalue weighted by Gasteiger charge is -2.20. The third kappa shape index (κ3) is 3.39. The lowest BCUT2D eigenvalue weighted by atomic mass is 10.1. The Labute approximate surface area is 122 Å². The highest BCUT2D eigenvalue weighted by molar-refractivity contribution is 6.05. The lowest BCUT2D eigenvalue weighted by Crippen LogP contribution is -2.32. The summed E-state index contributed by atoms with van der Waals surface area (Å²) in [5, 5.41) is 11.9. The molecule has 0 aliphatic heterocycles. The smallest absolute Gasteiger partial charge is 0.337 e. The van der Waals surface area contributed by atoms with Gasteiger partial charge in [0.25, 0.3) is 0 Å². The zero-order valence-electron chi connectivity index (χ0n) is 11.8. The van der Waals surface area contributed by atoms with E-state index < -0.39 is 12.0 Å². The highest BCUT2D eigenvalue weighted by atomic mass is 16.4. The summed E-state index contributed by atoms with van der Waals surface area (Å²) in [5.74, 6) is -1.07. The van der Waals surface area contributed by atoms with Crippen LogP contribution >= 0.6 is 0 Å². The molecule has 2 rings (SSSR count). The molecule has 2 aromatic carbocycles. The molecule has 5 nitrogen and oxygen atoms in total. The summed E-state index contributed by atoms with van der Waals surface area (Å²) in [6, 6.07) is 13.4. The van der Waals surface area contributed by atoms with E-state index in [-0.39, 0.29) is 5.56 Å². The minimum absolute atomic E-state index is 0.0825. The largest absolute Gasteiger partial charge is 0.478 e. The Kier molecular flexibility index (Phi) is 4.23. The van der Waals surface area contributed by atoms with E-state index in [1.807, 2.05) is 19.1 Å². The number of urea groups is 1. The molecule has 0 radical (unpaired) electrons. The Morgan fingerprint density at radius 1 is 1.05 bits per heavy atom. The number of carboxylic acid groups (broad SMARTS) is 1. The van der Waals surface area contributed by atoms with Crippen molar-refractivity contribution < 1.29 is 14.7 Å². The first-order chi connectivity index (χ1) is 9.99. The molecule has 0 unspecified atom stereocenters. The van der Waals surface area contributed by atoms with Gasteiger partial charge >= 0.3 is 12.0 Å². The van der Waals surface area contributed by atoms with Crippen LogP contribution in [0.1, 0.15) is 15.9 Å². The summed E-state index contributed by atoms with van der Waals surface area (Å²) in [7, 11) is 1.53. The Morgan fingerprint density at radius 3 is 2.29 bits per heavy atom. The van der Waals surface area contributed by atoms with Gasteiger partial charge in [0.15, 0.2) is 0 Å². The quantitative estimate of drug-likeness (QED) is 0.908. The van der Waals surface area contributed by atoms with Crippen LogP contribution in [0.2, 0.25) is 0 Å². The number of carbonyl (C=O) groups excluding carboxylic acids is 1. The van der Waals surface area contributed by atoms with Crippen molar-refractivity contribution in [3.63, 3.8) is 0 Å². The van der Waals surface area contributed by atoms with E-state index >= 15 is 0 Å². The molecular weight excluding hydrogens is 268 g/mol. The van der Waals surface area contributed by atoms with E-state index in [4.69, 9.17) is 5.11 Å². The van der Waals surface area contributed by atoms with E-state index in [0.717, 1.165) is 5.56 Å². The second-order valence-electron chi connectivity index (χ2n) is 4.68. The summed E-state index contributed by atoms with van der Waals surface area (Å²) in [6.45, 7) is 1.96. The SMILES string of the molecule is Cc1ccc(NC(=O)N(C)c2ccccc2C(=O)O)cc1. The number of carboxylic acids is 1. The van der Waals surface area contributed by atoms with Gasteiger partial charge in [-0.05, 0) is 31.2 Å². The molecule has 0 heterocycles. The number of aromatic carboxylic acids is 1. The van der Waals surface area contributed by atoms with E-state index in [9.17, 15) is 9.59 Å². The summed E-state index contributed by atoms with van der Waals surface area (Å²) in [4.78, 5) is 24.7. The molecule has 0 fully saturated rings. The predicted molar refractivity (Wildman–Crippen MR) is 82.0 cm³/mol. The molecule has 108 valence electrons. The first-order valence-electron chi connectivity index (χ1n) is 6.42. The fourth-order valence-corrected chi connectivity index (χ4v) is 1.90. The maximum atomic E-state index is 12.2. The van der Waals surface area contributed by atoms with E-state index in [2.05, 4.69) is 5.32 Å². The number of nitrogens with one attached hydrogen (secondary N) is 1. The van der Waals surface area contributed by atoms with Gasteiger partial charge in [0.1, 0.15) is 0 Å². The number of nitrogens with zero attached hydrogens (tertiary/aromatic N) is 1. The zero-order valence-corrected chi connectivity index (χ0v) is 11.8. The molecule has 21 heavy (non-hydrogen) atoms. The molecule has 0 atom stereocenters. The second kappa shape index (κ2) is 6.09. The van der Waals surface area contributed by atoms with Crippen LogP contribution in [0, 0.1) is 6.92 Å². The van der Waals surface area contributed by atoms with Gasteiger partial charge in [0.05, 0.1) is 11.3 Å². The molecule has 0 aromatic heterocycles. The van der Waals surface area contributed by atoms with Crippen LogP contribution in [0.25, 0.3) is 0 Å². The van der Waals surface area contributed by atoms with Crippen LogP contribution in [-0.2, 0) is 0 Å². The molecule has 2 N–H and O–H groups in total. The molecule has 0 aliphatic rings. The van der Waals surface area contributed by atoms with Crippen molar-refractivity contribution >= 4 is 23.4 Å². The van der Waals surface area contributed by atoms with E-state index in [0.29, 0.717) is 11.4 Å². The van der Waals surface area contributed by atoms with Gasteiger partial charge in [-0.1, -0.05) is 29.8 Å². The predicted octanol–water partition coefficient (Wildman–Crippen LogP) is 3.36. The first-order valence-corrected chi connectivity index (χ1v) is 6.42. The number of anilines is 2. The fraction of sp³-hybridized carbons (Fsp3) is 0.125. The molecule has 0 spiro atoms. The van der Waals surface area contributed by atoms with Gasteiger partial charge in [0.2, 0.25) is 0 Å². The van der Waals surface area contributed by atoms with Crippen molar-refractivity contribution in [2.75, 3.05) is 17.3 Å². The monoisotopic (exact) mass is 284 g/mol. The van der Waals surface area contributed by atoms with Crippen molar-refractivity contribution in [2.45, 2.75) is 6.92 Å². The number of para-hydroxylation sites is 1. The lowest BCUT2D eigenvalue weighted by molar-refractivity contribution is 0.0697. The van der Waals surface area contributed by atoms with Crippen molar-refractivity contribution in [2.24, 2.45) is 0 Å². The Morgan fingerprint density at radius 2 is 1.67 bits per heavy atom. The third-order valence-electron chi connectivity index (χ3n) is 3.10. The molecule has 0 saturated heterocycles. The van der Waals surface area contributed by atoms with Crippen LogP contribution in [0.3, 0.4) is 0 Å². The number of aryl methyl sites for hydroxylation is 1. The van der Waals surface area contributed by atoms with Gasteiger partial charge < -0.3 is 10.4 Å². The number of benzene rings is 2. The number of amides is 2. The number of rotatable bonds is 3. The van der Waals surface area contributed by atoms with Crippen molar-refractivity contribution in [3.8, 4) is 0 Å². The van der Waals surface area contributed by atoms with Crippen LogP contribution in [0.5, 0.6) is 0 Å². The van der Waals surface area contributed by atoms with Gasteiger partial charge in [-0.15, -0.1) is 0 Å². The number of hydrogen-bond donors (Lipinski definition) is 2. The zero-order chi connectivity index (χ0) is 15.4. The summed E-state index contributed by atoms with van der Waals surface area (Å²) < 4.78 is 0. The summed E-state index contributed by atoms with van der Waals surface area (Å²) >= 11 is 0.